The summed E-state index contributed by atoms with van der Waals surface area (Å²) in [6, 6.07) is 5.51. The van der Waals surface area contributed by atoms with Crippen LogP contribution in [0.5, 0.6) is 0 Å². The van der Waals surface area contributed by atoms with E-state index in [1.807, 2.05) is 12.1 Å². The van der Waals surface area contributed by atoms with Crippen LogP contribution in [-0.4, -0.2) is 27.5 Å². The van der Waals surface area contributed by atoms with Gasteiger partial charge in [0, 0.05) is 22.1 Å². The number of hydrogen-bond donors (Lipinski definition) is 3. The number of rotatable bonds is 5. The Balaban J connectivity index is 1.75. The third kappa shape index (κ3) is 3.50. The molecule has 1 aliphatic rings. The first-order chi connectivity index (χ1) is 11.0. The zero-order valence-corrected chi connectivity index (χ0v) is 13.4. The molecule has 6 heteroatoms. The van der Waals surface area contributed by atoms with Gasteiger partial charge in [0.2, 0.25) is 5.91 Å². The van der Waals surface area contributed by atoms with Gasteiger partial charge in [-0.2, -0.15) is 0 Å². The average molecular weight is 335 g/mol. The van der Waals surface area contributed by atoms with Crippen LogP contribution in [-0.2, 0) is 16.0 Å². The number of aliphatic carboxylic acids is 1. The average Bonchev–Trinajstić information content (AvgIpc) is 3.06. The zero-order valence-electron chi connectivity index (χ0n) is 12.7. The quantitative estimate of drug-likeness (QED) is 0.784. The van der Waals surface area contributed by atoms with Crippen LogP contribution in [0.15, 0.2) is 24.4 Å². The molecule has 0 unspecified atom stereocenters. The van der Waals surface area contributed by atoms with Gasteiger partial charge in [-0.05, 0) is 36.6 Å². The third-order valence-corrected chi connectivity index (χ3v) is 4.77. The van der Waals surface area contributed by atoms with Gasteiger partial charge in [-0.15, -0.1) is 0 Å². The number of carbonyl (C=O) groups is 2. The van der Waals surface area contributed by atoms with Crippen LogP contribution in [0, 0.1) is 0 Å². The van der Waals surface area contributed by atoms with Crippen molar-refractivity contribution in [1.82, 2.24) is 10.3 Å². The lowest BCUT2D eigenvalue weighted by molar-refractivity contribution is -0.139. The highest BCUT2D eigenvalue weighted by Gasteiger charge is 2.37. The second-order valence-corrected chi connectivity index (χ2v) is 6.72. The molecule has 0 aliphatic heterocycles. The lowest BCUT2D eigenvalue weighted by Gasteiger charge is -2.28. The van der Waals surface area contributed by atoms with Crippen LogP contribution in [0.25, 0.3) is 10.9 Å². The predicted octanol–water partition coefficient (Wildman–Crippen LogP) is 3.27. The van der Waals surface area contributed by atoms with Crippen molar-refractivity contribution in [2.45, 2.75) is 44.1 Å². The van der Waals surface area contributed by atoms with E-state index in [4.69, 9.17) is 16.7 Å². The normalized spacial score (nSPS) is 16.6. The van der Waals surface area contributed by atoms with Crippen molar-refractivity contribution in [3.8, 4) is 0 Å². The first kappa shape index (κ1) is 15.9. The second-order valence-electron chi connectivity index (χ2n) is 6.29. The third-order valence-electron chi connectivity index (χ3n) is 4.54. The molecule has 5 nitrogen and oxygen atoms in total. The number of nitrogens with one attached hydrogen (secondary N) is 2. The fourth-order valence-electron chi connectivity index (χ4n) is 3.50. The SMILES string of the molecule is O=C(O)CC1(NC(=O)Cc2c[nH]c3ccc(Cl)cc23)CCCC1. The van der Waals surface area contributed by atoms with E-state index in [9.17, 15) is 9.59 Å². The Hall–Kier alpha value is -2.01. The number of aromatic nitrogens is 1. The summed E-state index contributed by atoms with van der Waals surface area (Å²) < 4.78 is 0. The molecule has 3 rings (SSSR count). The van der Waals surface area contributed by atoms with E-state index in [0.717, 1.165) is 42.1 Å². The first-order valence-corrected chi connectivity index (χ1v) is 8.14. The minimum Gasteiger partial charge on any atom is -0.481 e. The van der Waals surface area contributed by atoms with Crippen LogP contribution in [0.1, 0.15) is 37.7 Å². The largest absolute Gasteiger partial charge is 0.481 e. The molecule has 1 aromatic carbocycles. The molecule has 3 N–H and O–H groups in total. The minimum atomic E-state index is -0.869. The van der Waals surface area contributed by atoms with E-state index < -0.39 is 11.5 Å². The van der Waals surface area contributed by atoms with E-state index in [1.165, 1.54) is 0 Å². The van der Waals surface area contributed by atoms with Crippen molar-refractivity contribution in [3.63, 3.8) is 0 Å². The van der Waals surface area contributed by atoms with Gasteiger partial charge in [0.25, 0.3) is 0 Å². The molecular formula is C17H19ClN2O3. The standard InChI is InChI=1S/C17H19ClN2O3/c18-12-3-4-14-13(8-12)11(10-19-14)7-15(21)20-17(9-16(22)23)5-1-2-6-17/h3-4,8,10,19H,1-2,5-7,9H2,(H,20,21)(H,22,23). The van der Waals surface area contributed by atoms with E-state index in [0.29, 0.717) is 5.02 Å². The summed E-state index contributed by atoms with van der Waals surface area (Å²) in [4.78, 5) is 26.7. The summed E-state index contributed by atoms with van der Waals surface area (Å²) in [5.41, 5.74) is 1.20. The number of fused-ring (bicyclic) bond motifs is 1. The van der Waals surface area contributed by atoms with Crippen LogP contribution in [0.3, 0.4) is 0 Å². The number of carboxylic acids is 1. The molecule has 2 aromatic rings. The molecule has 1 amide bonds. The molecule has 0 atom stereocenters. The molecule has 0 radical (unpaired) electrons. The predicted molar refractivity (Wildman–Crippen MR) is 88.6 cm³/mol. The van der Waals surface area contributed by atoms with Gasteiger partial charge in [-0.3, -0.25) is 9.59 Å². The number of aromatic amines is 1. The van der Waals surface area contributed by atoms with Gasteiger partial charge in [0.1, 0.15) is 0 Å². The fraction of sp³-hybridized carbons (Fsp3) is 0.412. The number of hydrogen-bond acceptors (Lipinski definition) is 2. The Morgan fingerprint density at radius 3 is 2.74 bits per heavy atom. The molecule has 1 saturated carbocycles. The Bertz CT molecular complexity index is 747. The maximum Gasteiger partial charge on any atom is 0.305 e. The van der Waals surface area contributed by atoms with E-state index in [-0.39, 0.29) is 18.7 Å². The Kier molecular flexibility index (Phi) is 4.31. The number of carboxylic acid groups (broad SMARTS) is 1. The van der Waals surface area contributed by atoms with Gasteiger partial charge in [0.05, 0.1) is 18.4 Å². The van der Waals surface area contributed by atoms with Gasteiger partial charge in [-0.1, -0.05) is 24.4 Å². The lowest BCUT2D eigenvalue weighted by atomic mass is 9.92. The van der Waals surface area contributed by atoms with Crippen LogP contribution in [0.4, 0.5) is 0 Å². The monoisotopic (exact) mass is 334 g/mol. The highest BCUT2D eigenvalue weighted by atomic mass is 35.5. The van der Waals surface area contributed by atoms with Gasteiger partial charge in [0.15, 0.2) is 0 Å². The molecule has 1 fully saturated rings. The minimum absolute atomic E-state index is 0.0154. The smallest absolute Gasteiger partial charge is 0.305 e. The van der Waals surface area contributed by atoms with Gasteiger partial charge >= 0.3 is 5.97 Å². The molecule has 0 bridgehead atoms. The van der Waals surface area contributed by atoms with Crippen molar-refractivity contribution in [2.75, 3.05) is 0 Å². The van der Waals surface area contributed by atoms with Crippen molar-refractivity contribution in [1.29, 1.82) is 0 Å². The van der Waals surface area contributed by atoms with Crippen molar-refractivity contribution in [3.05, 3.63) is 35.0 Å². The van der Waals surface area contributed by atoms with Crippen molar-refractivity contribution < 1.29 is 14.7 Å². The number of amides is 1. The Morgan fingerprint density at radius 1 is 1.30 bits per heavy atom. The number of benzene rings is 1. The summed E-state index contributed by atoms with van der Waals surface area (Å²) in [5, 5.41) is 13.6. The molecule has 1 heterocycles. The number of H-pyrrole nitrogens is 1. The second kappa shape index (κ2) is 6.24. The lowest BCUT2D eigenvalue weighted by Crippen LogP contribution is -2.48. The maximum absolute atomic E-state index is 12.4. The molecule has 1 aliphatic carbocycles. The van der Waals surface area contributed by atoms with Crippen LogP contribution in [0.2, 0.25) is 5.02 Å². The Morgan fingerprint density at radius 2 is 2.04 bits per heavy atom. The summed E-state index contributed by atoms with van der Waals surface area (Å²) in [6.07, 6.45) is 5.36. The van der Waals surface area contributed by atoms with Crippen LogP contribution < -0.4 is 5.32 Å². The molecule has 23 heavy (non-hydrogen) atoms. The zero-order chi connectivity index (χ0) is 16.4. The van der Waals surface area contributed by atoms with Gasteiger partial charge < -0.3 is 15.4 Å². The highest BCUT2D eigenvalue weighted by molar-refractivity contribution is 6.31. The van der Waals surface area contributed by atoms with E-state index in [1.54, 1.807) is 12.3 Å². The molecule has 122 valence electrons. The van der Waals surface area contributed by atoms with Gasteiger partial charge in [-0.25, -0.2) is 0 Å². The molecule has 1 aromatic heterocycles. The number of halogens is 1. The summed E-state index contributed by atoms with van der Waals surface area (Å²) in [7, 11) is 0. The van der Waals surface area contributed by atoms with E-state index in [2.05, 4.69) is 10.3 Å². The fourth-order valence-corrected chi connectivity index (χ4v) is 3.67. The molecular weight excluding hydrogens is 316 g/mol. The highest BCUT2D eigenvalue weighted by Crippen LogP contribution is 2.33. The summed E-state index contributed by atoms with van der Waals surface area (Å²) in [6.45, 7) is 0. The number of carbonyl (C=O) groups excluding carboxylic acids is 1. The molecule has 0 saturated heterocycles. The Labute approximate surface area is 139 Å². The summed E-state index contributed by atoms with van der Waals surface area (Å²) in [5.74, 6) is -1.01. The molecule has 0 spiro atoms. The van der Waals surface area contributed by atoms with E-state index >= 15 is 0 Å². The van der Waals surface area contributed by atoms with Crippen molar-refractivity contribution in [2.24, 2.45) is 0 Å². The van der Waals surface area contributed by atoms with Crippen LogP contribution >= 0.6 is 11.6 Å². The summed E-state index contributed by atoms with van der Waals surface area (Å²) >= 11 is 6.02. The first-order valence-electron chi connectivity index (χ1n) is 7.76. The topological polar surface area (TPSA) is 82.2 Å². The van der Waals surface area contributed by atoms with Crippen molar-refractivity contribution >= 4 is 34.4 Å². The maximum atomic E-state index is 12.4.